The van der Waals surface area contributed by atoms with Crippen LogP contribution >= 0.6 is 0 Å². The van der Waals surface area contributed by atoms with E-state index in [2.05, 4.69) is 25.6 Å². The Kier molecular flexibility index (Phi) is 4.68. The molecule has 0 radical (unpaired) electrons. The maximum Gasteiger partial charge on any atom is 0.323 e. The van der Waals surface area contributed by atoms with Gasteiger partial charge in [0.1, 0.15) is 0 Å². The van der Waals surface area contributed by atoms with Gasteiger partial charge in [0.05, 0.1) is 6.61 Å². The van der Waals surface area contributed by atoms with Crippen LogP contribution in [0.1, 0.15) is 32.6 Å². The second-order valence-electron chi connectivity index (χ2n) is 5.31. The molecule has 22 heavy (non-hydrogen) atoms. The van der Waals surface area contributed by atoms with E-state index in [4.69, 9.17) is 4.74 Å². The zero-order chi connectivity index (χ0) is 15.2. The van der Waals surface area contributed by atoms with Gasteiger partial charge in [-0.25, -0.2) is 0 Å². The van der Waals surface area contributed by atoms with Gasteiger partial charge in [0, 0.05) is 11.7 Å². The van der Waals surface area contributed by atoms with Gasteiger partial charge in [-0.05, 0) is 31.9 Å². The maximum atomic E-state index is 5.45. The summed E-state index contributed by atoms with van der Waals surface area (Å²) in [5.74, 6) is 1.06. The molecule has 1 aromatic heterocycles. The lowest BCUT2D eigenvalue weighted by Gasteiger charge is -2.13. The normalized spacial score (nSPS) is 14.8. The van der Waals surface area contributed by atoms with Gasteiger partial charge >= 0.3 is 6.01 Å². The molecular formula is C16H21N5O. The van der Waals surface area contributed by atoms with Crippen LogP contribution in [0.2, 0.25) is 0 Å². The number of benzene rings is 1. The highest BCUT2D eigenvalue weighted by molar-refractivity contribution is 5.54. The van der Waals surface area contributed by atoms with Gasteiger partial charge in [-0.3, -0.25) is 0 Å². The van der Waals surface area contributed by atoms with Crippen molar-refractivity contribution in [2.24, 2.45) is 0 Å². The lowest BCUT2D eigenvalue weighted by Crippen LogP contribution is -2.18. The topological polar surface area (TPSA) is 72.0 Å². The van der Waals surface area contributed by atoms with Crippen molar-refractivity contribution in [3.63, 3.8) is 0 Å². The van der Waals surface area contributed by atoms with E-state index < -0.39 is 0 Å². The summed E-state index contributed by atoms with van der Waals surface area (Å²) in [6, 6.07) is 10.6. The molecule has 0 bridgehead atoms. The summed E-state index contributed by atoms with van der Waals surface area (Å²) >= 11 is 0. The van der Waals surface area contributed by atoms with E-state index in [1.54, 1.807) is 0 Å². The third-order valence-corrected chi connectivity index (χ3v) is 3.61. The Balaban J connectivity index is 1.79. The first kappa shape index (κ1) is 14.6. The number of anilines is 3. The summed E-state index contributed by atoms with van der Waals surface area (Å²) in [5.41, 5.74) is 0.933. The Morgan fingerprint density at radius 3 is 2.50 bits per heavy atom. The molecule has 6 nitrogen and oxygen atoms in total. The number of ether oxygens (including phenoxy) is 1. The highest BCUT2D eigenvalue weighted by Gasteiger charge is 2.17. The number of nitrogens with one attached hydrogen (secondary N) is 2. The summed E-state index contributed by atoms with van der Waals surface area (Å²) in [6.45, 7) is 2.44. The largest absolute Gasteiger partial charge is 0.464 e. The van der Waals surface area contributed by atoms with E-state index in [0.717, 1.165) is 18.5 Å². The molecule has 0 saturated heterocycles. The molecule has 1 aliphatic rings. The van der Waals surface area contributed by atoms with Crippen molar-refractivity contribution in [1.82, 2.24) is 15.0 Å². The van der Waals surface area contributed by atoms with E-state index in [1.807, 2.05) is 37.3 Å². The van der Waals surface area contributed by atoms with Crippen LogP contribution in [0.4, 0.5) is 17.6 Å². The molecular weight excluding hydrogens is 278 g/mol. The number of nitrogens with zero attached hydrogens (tertiary/aromatic N) is 3. The third-order valence-electron chi connectivity index (χ3n) is 3.61. The number of para-hydroxylation sites is 1. The van der Waals surface area contributed by atoms with Gasteiger partial charge in [0.2, 0.25) is 11.9 Å². The van der Waals surface area contributed by atoms with Crippen molar-refractivity contribution >= 4 is 17.6 Å². The van der Waals surface area contributed by atoms with Crippen LogP contribution in [-0.2, 0) is 0 Å². The highest BCUT2D eigenvalue weighted by atomic mass is 16.5. The van der Waals surface area contributed by atoms with Crippen molar-refractivity contribution < 1.29 is 4.74 Å². The summed E-state index contributed by atoms with van der Waals surface area (Å²) < 4.78 is 5.45. The molecule has 0 spiro atoms. The average molecular weight is 299 g/mol. The van der Waals surface area contributed by atoms with Gasteiger partial charge < -0.3 is 15.4 Å². The fourth-order valence-electron chi connectivity index (χ4n) is 2.57. The first-order valence-electron chi connectivity index (χ1n) is 7.81. The summed E-state index contributed by atoms with van der Waals surface area (Å²) in [6.07, 6.45) is 4.85. The van der Waals surface area contributed by atoms with Gasteiger partial charge in [0.25, 0.3) is 0 Å². The van der Waals surface area contributed by atoms with Crippen molar-refractivity contribution in [3.05, 3.63) is 30.3 Å². The predicted octanol–water partition coefficient (Wildman–Crippen LogP) is 3.37. The molecule has 0 amide bonds. The molecule has 116 valence electrons. The first-order chi connectivity index (χ1) is 10.8. The second-order valence-corrected chi connectivity index (χ2v) is 5.31. The van der Waals surface area contributed by atoms with E-state index >= 15 is 0 Å². The van der Waals surface area contributed by atoms with Crippen molar-refractivity contribution in [1.29, 1.82) is 0 Å². The van der Waals surface area contributed by atoms with Crippen LogP contribution in [0, 0.1) is 0 Å². The van der Waals surface area contributed by atoms with Crippen molar-refractivity contribution in [2.45, 2.75) is 38.6 Å². The van der Waals surface area contributed by atoms with Gasteiger partial charge in [0.15, 0.2) is 0 Å². The third kappa shape index (κ3) is 3.84. The Morgan fingerprint density at radius 1 is 1.05 bits per heavy atom. The second kappa shape index (κ2) is 7.06. The van der Waals surface area contributed by atoms with E-state index in [-0.39, 0.29) is 0 Å². The fourth-order valence-corrected chi connectivity index (χ4v) is 2.57. The summed E-state index contributed by atoms with van der Waals surface area (Å²) in [7, 11) is 0. The van der Waals surface area contributed by atoms with Crippen LogP contribution in [0.15, 0.2) is 30.3 Å². The zero-order valence-electron chi connectivity index (χ0n) is 12.7. The van der Waals surface area contributed by atoms with E-state index in [9.17, 15) is 0 Å². The van der Waals surface area contributed by atoms with Crippen LogP contribution in [0.25, 0.3) is 0 Å². The molecule has 1 saturated carbocycles. The van der Waals surface area contributed by atoms with Crippen LogP contribution < -0.4 is 15.4 Å². The lowest BCUT2D eigenvalue weighted by molar-refractivity contribution is 0.312. The van der Waals surface area contributed by atoms with Gasteiger partial charge in [-0.2, -0.15) is 15.0 Å². The fraction of sp³-hybridized carbons (Fsp3) is 0.438. The van der Waals surface area contributed by atoms with Gasteiger partial charge in [-0.1, -0.05) is 31.0 Å². The zero-order valence-corrected chi connectivity index (χ0v) is 12.7. The Bertz CT molecular complexity index is 599. The summed E-state index contributed by atoms with van der Waals surface area (Å²) in [4.78, 5) is 13.1. The maximum absolute atomic E-state index is 5.45. The molecule has 1 fully saturated rings. The molecule has 0 atom stereocenters. The first-order valence-corrected chi connectivity index (χ1v) is 7.81. The molecule has 1 aromatic carbocycles. The smallest absolute Gasteiger partial charge is 0.323 e. The predicted molar refractivity (Wildman–Crippen MR) is 86.6 cm³/mol. The molecule has 0 aliphatic heterocycles. The van der Waals surface area contributed by atoms with Gasteiger partial charge in [-0.15, -0.1) is 0 Å². The minimum atomic E-state index is 0.344. The Labute approximate surface area is 130 Å². The van der Waals surface area contributed by atoms with Crippen LogP contribution in [0.5, 0.6) is 6.01 Å². The number of hydrogen-bond donors (Lipinski definition) is 2. The molecule has 6 heteroatoms. The van der Waals surface area contributed by atoms with Crippen LogP contribution in [-0.4, -0.2) is 27.6 Å². The number of aromatic nitrogens is 3. The Hall–Kier alpha value is -2.37. The Morgan fingerprint density at radius 2 is 1.77 bits per heavy atom. The molecule has 0 unspecified atom stereocenters. The average Bonchev–Trinajstić information content (AvgIpc) is 3.01. The molecule has 2 N–H and O–H groups in total. The molecule has 3 rings (SSSR count). The van der Waals surface area contributed by atoms with Crippen molar-refractivity contribution in [3.8, 4) is 6.01 Å². The van der Waals surface area contributed by atoms with Crippen molar-refractivity contribution in [2.75, 3.05) is 17.2 Å². The number of rotatable bonds is 6. The molecule has 2 aromatic rings. The standard InChI is InChI=1S/C16H21N5O/c1-2-22-16-20-14(17-12-8-4-3-5-9-12)19-15(21-16)18-13-10-6-7-11-13/h3-5,8-9,13H,2,6-7,10-11H2,1H3,(H2,17,18,19,20,21). The minimum Gasteiger partial charge on any atom is -0.464 e. The molecule has 1 aliphatic carbocycles. The SMILES string of the molecule is CCOc1nc(Nc2ccccc2)nc(NC2CCCC2)n1. The monoisotopic (exact) mass is 299 g/mol. The lowest BCUT2D eigenvalue weighted by atomic mass is 10.3. The minimum absolute atomic E-state index is 0.344. The quantitative estimate of drug-likeness (QED) is 0.852. The van der Waals surface area contributed by atoms with E-state index in [0.29, 0.717) is 30.6 Å². The molecule has 1 heterocycles. The highest BCUT2D eigenvalue weighted by Crippen LogP contribution is 2.22. The summed E-state index contributed by atoms with van der Waals surface area (Å²) in [5, 5.41) is 6.57. The number of hydrogen-bond acceptors (Lipinski definition) is 6. The van der Waals surface area contributed by atoms with Crippen LogP contribution in [0.3, 0.4) is 0 Å². The van der Waals surface area contributed by atoms with E-state index in [1.165, 1.54) is 12.8 Å².